The molecule has 8 nitrogen and oxygen atoms in total. The Kier molecular flexibility index (Phi) is 6.54. The Bertz CT molecular complexity index is 1020. The highest BCUT2D eigenvalue weighted by atomic mass is 32.2. The maximum atomic E-state index is 13.3. The number of hydrogen-bond acceptors (Lipinski definition) is 7. The van der Waals surface area contributed by atoms with Crippen molar-refractivity contribution in [2.45, 2.75) is 42.5 Å². The number of aromatic nitrogens is 2. The second kappa shape index (κ2) is 9.20. The van der Waals surface area contributed by atoms with Crippen LogP contribution in [0.5, 0.6) is 5.88 Å². The molecule has 0 amide bonds. The lowest BCUT2D eigenvalue weighted by Gasteiger charge is -2.31. The number of nitrogens with zero attached hydrogens (tertiary/aromatic N) is 3. The second-order valence-corrected chi connectivity index (χ2v) is 9.59. The van der Waals surface area contributed by atoms with E-state index in [1.807, 2.05) is 0 Å². The Hall–Kier alpha value is -2.44. The Labute approximate surface area is 183 Å². The quantitative estimate of drug-likeness (QED) is 0.691. The number of halogens is 3. The number of anilines is 1. The van der Waals surface area contributed by atoms with E-state index in [0.717, 1.165) is 0 Å². The van der Waals surface area contributed by atoms with Crippen LogP contribution in [0.25, 0.3) is 0 Å². The summed E-state index contributed by atoms with van der Waals surface area (Å²) < 4.78 is 77.5. The highest BCUT2D eigenvalue weighted by Crippen LogP contribution is 2.36. The van der Waals surface area contributed by atoms with Crippen LogP contribution in [-0.4, -0.2) is 61.1 Å². The predicted molar refractivity (Wildman–Crippen MR) is 109 cm³/mol. The maximum absolute atomic E-state index is 13.3. The van der Waals surface area contributed by atoms with Gasteiger partial charge in [0.2, 0.25) is 21.9 Å². The monoisotopic (exact) mass is 472 g/mol. The van der Waals surface area contributed by atoms with E-state index in [0.29, 0.717) is 32.1 Å². The molecule has 0 spiro atoms. The van der Waals surface area contributed by atoms with E-state index in [4.69, 9.17) is 9.47 Å². The number of hydrogen-bond donors (Lipinski definition) is 1. The maximum Gasteiger partial charge on any atom is 0.423 e. The van der Waals surface area contributed by atoms with Crippen molar-refractivity contribution in [3.63, 3.8) is 0 Å². The molecule has 174 valence electrons. The molecule has 2 saturated heterocycles. The van der Waals surface area contributed by atoms with Crippen LogP contribution >= 0.6 is 0 Å². The molecule has 1 atom stereocenters. The molecule has 1 N–H and O–H groups in total. The van der Waals surface area contributed by atoms with Crippen molar-refractivity contribution in [2.75, 3.05) is 31.6 Å². The molecule has 3 heterocycles. The van der Waals surface area contributed by atoms with Crippen molar-refractivity contribution < 1.29 is 31.1 Å². The first-order chi connectivity index (χ1) is 15.2. The Morgan fingerprint density at radius 1 is 1.12 bits per heavy atom. The predicted octanol–water partition coefficient (Wildman–Crippen LogP) is 2.93. The third kappa shape index (κ3) is 5.13. The standard InChI is InChI=1S/C20H23F3N4O4S/c21-20(22,23)17-12-24-19(26-18(17)31-15-8-11-30-13-15)25-14-6-9-27(10-7-14)32(28,29)16-4-2-1-3-5-16/h1-5,12,14-15H,6-11,13H2,(H,24,25,26)/t15-/m0/s1. The SMILES string of the molecule is O=S(=O)(c1ccccc1)N1CCC(Nc2ncc(C(F)(F)F)c(O[C@H]3CCOC3)n2)CC1. The van der Waals surface area contributed by atoms with Crippen molar-refractivity contribution in [1.29, 1.82) is 0 Å². The van der Waals surface area contributed by atoms with Crippen molar-refractivity contribution >= 4 is 16.0 Å². The van der Waals surface area contributed by atoms with E-state index in [9.17, 15) is 21.6 Å². The summed E-state index contributed by atoms with van der Waals surface area (Å²) >= 11 is 0. The van der Waals surface area contributed by atoms with Gasteiger partial charge in [-0.15, -0.1) is 0 Å². The lowest BCUT2D eigenvalue weighted by atomic mass is 10.1. The largest absolute Gasteiger partial charge is 0.471 e. The lowest BCUT2D eigenvalue weighted by Crippen LogP contribution is -2.42. The molecular weight excluding hydrogens is 449 g/mol. The third-order valence-electron chi connectivity index (χ3n) is 5.39. The van der Waals surface area contributed by atoms with Crippen molar-refractivity contribution in [3.8, 4) is 5.88 Å². The Balaban J connectivity index is 1.42. The first-order valence-corrected chi connectivity index (χ1v) is 11.7. The van der Waals surface area contributed by atoms with Gasteiger partial charge in [0, 0.05) is 31.7 Å². The Morgan fingerprint density at radius 3 is 2.47 bits per heavy atom. The lowest BCUT2D eigenvalue weighted by molar-refractivity contribution is -0.139. The van der Waals surface area contributed by atoms with Crippen LogP contribution in [0, 0.1) is 0 Å². The van der Waals surface area contributed by atoms with Crippen molar-refractivity contribution in [1.82, 2.24) is 14.3 Å². The molecule has 2 fully saturated rings. The zero-order valence-corrected chi connectivity index (χ0v) is 17.9. The van der Waals surface area contributed by atoms with Crippen molar-refractivity contribution in [3.05, 3.63) is 42.1 Å². The summed E-state index contributed by atoms with van der Waals surface area (Å²) in [6.07, 6.45) is -3.03. The van der Waals surface area contributed by atoms with Gasteiger partial charge in [0.15, 0.2) is 0 Å². The van der Waals surface area contributed by atoms with Crippen molar-refractivity contribution in [2.24, 2.45) is 0 Å². The molecule has 4 rings (SSSR count). The van der Waals surface area contributed by atoms with E-state index >= 15 is 0 Å². The number of piperidine rings is 1. The molecule has 32 heavy (non-hydrogen) atoms. The van der Waals surface area contributed by atoms with Gasteiger partial charge in [0.1, 0.15) is 11.7 Å². The third-order valence-corrected chi connectivity index (χ3v) is 7.31. The van der Waals surface area contributed by atoms with Gasteiger partial charge in [-0.2, -0.15) is 22.5 Å². The zero-order chi connectivity index (χ0) is 22.8. The molecule has 0 bridgehead atoms. The average Bonchev–Trinajstić information content (AvgIpc) is 3.27. The first kappa shape index (κ1) is 22.7. The second-order valence-electron chi connectivity index (χ2n) is 7.65. The number of ether oxygens (including phenoxy) is 2. The molecule has 0 aliphatic carbocycles. The van der Waals surface area contributed by atoms with Gasteiger partial charge >= 0.3 is 6.18 Å². The molecule has 2 aromatic rings. The summed E-state index contributed by atoms with van der Waals surface area (Å²) in [6.45, 7) is 1.18. The fraction of sp³-hybridized carbons (Fsp3) is 0.500. The van der Waals surface area contributed by atoms with E-state index < -0.39 is 33.7 Å². The minimum absolute atomic E-state index is 0.0104. The van der Waals surface area contributed by atoms with Crippen LogP contribution in [0.1, 0.15) is 24.8 Å². The highest BCUT2D eigenvalue weighted by Gasteiger charge is 2.37. The molecule has 0 saturated carbocycles. The summed E-state index contributed by atoms with van der Waals surface area (Å²) in [5.41, 5.74) is -1.04. The molecule has 0 radical (unpaired) electrons. The number of sulfonamides is 1. The average molecular weight is 472 g/mol. The van der Waals surface area contributed by atoms with E-state index in [2.05, 4.69) is 15.3 Å². The van der Waals surface area contributed by atoms with Gasteiger partial charge in [-0.1, -0.05) is 18.2 Å². The summed E-state index contributed by atoms with van der Waals surface area (Å²) in [5.74, 6) is -0.522. The topological polar surface area (TPSA) is 93.7 Å². The summed E-state index contributed by atoms with van der Waals surface area (Å²) in [7, 11) is -3.58. The van der Waals surface area contributed by atoms with Crippen LogP contribution in [0.4, 0.5) is 19.1 Å². The van der Waals surface area contributed by atoms with Gasteiger partial charge in [0.05, 0.1) is 18.1 Å². The van der Waals surface area contributed by atoms with Crippen LogP contribution in [0.2, 0.25) is 0 Å². The number of nitrogens with one attached hydrogen (secondary N) is 1. The van der Waals surface area contributed by atoms with E-state index in [-0.39, 0.29) is 36.6 Å². The smallest absolute Gasteiger partial charge is 0.423 e. The Morgan fingerprint density at radius 2 is 1.84 bits per heavy atom. The number of benzene rings is 1. The summed E-state index contributed by atoms with van der Waals surface area (Å²) in [6, 6.07) is 7.99. The fourth-order valence-electron chi connectivity index (χ4n) is 3.65. The van der Waals surface area contributed by atoms with Crippen LogP contribution in [0.3, 0.4) is 0 Å². The molecule has 0 unspecified atom stereocenters. The molecule has 1 aromatic heterocycles. The minimum atomic E-state index is -4.65. The summed E-state index contributed by atoms with van der Waals surface area (Å²) in [5, 5.41) is 3.01. The van der Waals surface area contributed by atoms with Gasteiger partial charge in [-0.05, 0) is 25.0 Å². The van der Waals surface area contributed by atoms with Gasteiger partial charge in [-0.25, -0.2) is 13.4 Å². The molecule has 2 aliphatic rings. The van der Waals surface area contributed by atoms with E-state index in [1.165, 1.54) is 4.31 Å². The minimum Gasteiger partial charge on any atom is -0.471 e. The fourth-order valence-corrected chi connectivity index (χ4v) is 5.14. The van der Waals surface area contributed by atoms with Crippen LogP contribution in [0.15, 0.2) is 41.4 Å². The molecule has 2 aliphatic heterocycles. The van der Waals surface area contributed by atoms with Crippen LogP contribution < -0.4 is 10.1 Å². The van der Waals surface area contributed by atoms with Gasteiger partial charge in [-0.3, -0.25) is 0 Å². The number of alkyl halides is 3. The normalized spacial score (nSPS) is 20.9. The summed E-state index contributed by atoms with van der Waals surface area (Å²) in [4.78, 5) is 8.00. The van der Waals surface area contributed by atoms with Gasteiger partial charge in [0.25, 0.3) is 0 Å². The first-order valence-electron chi connectivity index (χ1n) is 10.2. The van der Waals surface area contributed by atoms with Crippen LogP contribution in [-0.2, 0) is 20.9 Å². The molecular formula is C20H23F3N4O4S. The van der Waals surface area contributed by atoms with Gasteiger partial charge < -0.3 is 14.8 Å². The zero-order valence-electron chi connectivity index (χ0n) is 17.1. The number of rotatable bonds is 6. The highest BCUT2D eigenvalue weighted by molar-refractivity contribution is 7.89. The van der Waals surface area contributed by atoms with E-state index in [1.54, 1.807) is 30.3 Å². The molecule has 1 aromatic carbocycles. The molecule has 12 heteroatoms.